The van der Waals surface area contributed by atoms with Gasteiger partial charge in [0.2, 0.25) is 0 Å². The molecule has 1 aromatic rings. The van der Waals surface area contributed by atoms with Crippen LogP contribution in [0.15, 0.2) is 59.0 Å². The van der Waals surface area contributed by atoms with Crippen molar-refractivity contribution in [3.8, 4) is 0 Å². The zero-order valence-corrected chi connectivity index (χ0v) is 10.6. The number of hydrogen-bond donors (Lipinski definition) is 0. The summed E-state index contributed by atoms with van der Waals surface area (Å²) in [5.74, 6) is 0. The molecule has 0 radical (unpaired) electrons. The number of nitrogens with zero attached hydrogens (tertiary/aromatic N) is 1. The van der Waals surface area contributed by atoms with Crippen molar-refractivity contribution >= 4 is 11.8 Å². The molecule has 0 bridgehead atoms. The Kier molecular flexibility index (Phi) is 5.20. The van der Waals surface area contributed by atoms with Crippen LogP contribution < -0.4 is 0 Å². The molecular formula is C14H17NOS. The Balaban J connectivity index is 1.72. The van der Waals surface area contributed by atoms with E-state index < -0.39 is 0 Å². The van der Waals surface area contributed by atoms with Crippen LogP contribution in [0.3, 0.4) is 0 Å². The zero-order chi connectivity index (χ0) is 11.8. The highest BCUT2D eigenvalue weighted by molar-refractivity contribution is 8.02. The topological polar surface area (TPSA) is 12.5 Å². The lowest BCUT2D eigenvalue weighted by Gasteiger charge is -2.24. The Bertz CT molecular complexity index is 369. The van der Waals surface area contributed by atoms with Gasteiger partial charge in [-0.3, -0.25) is 0 Å². The van der Waals surface area contributed by atoms with E-state index in [1.54, 1.807) is 11.8 Å². The van der Waals surface area contributed by atoms with Crippen LogP contribution in [-0.2, 0) is 4.74 Å². The minimum Gasteiger partial charge on any atom is -0.378 e. The lowest BCUT2D eigenvalue weighted by atomic mass is 10.4. The summed E-state index contributed by atoms with van der Waals surface area (Å²) in [6.07, 6.45) is 6.29. The molecule has 2 nitrogen and oxygen atoms in total. The van der Waals surface area contributed by atoms with Gasteiger partial charge in [-0.25, -0.2) is 0 Å². The summed E-state index contributed by atoms with van der Waals surface area (Å²) >= 11 is 1.73. The van der Waals surface area contributed by atoms with E-state index in [0.717, 1.165) is 26.3 Å². The Labute approximate surface area is 107 Å². The van der Waals surface area contributed by atoms with Crippen LogP contribution in [0.25, 0.3) is 0 Å². The summed E-state index contributed by atoms with van der Waals surface area (Å²) in [5, 5.41) is 2.10. The fourth-order valence-electron chi connectivity index (χ4n) is 1.56. The third kappa shape index (κ3) is 4.67. The molecule has 1 aliphatic heterocycles. The third-order valence-electron chi connectivity index (χ3n) is 2.48. The van der Waals surface area contributed by atoms with Crippen LogP contribution in [0.5, 0.6) is 0 Å². The molecular weight excluding hydrogens is 230 g/mol. The molecule has 1 aliphatic rings. The Morgan fingerprint density at radius 3 is 2.59 bits per heavy atom. The third-order valence-corrected chi connectivity index (χ3v) is 3.32. The quantitative estimate of drug-likeness (QED) is 0.599. The maximum atomic E-state index is 5.29. The second kappa shape index (κ2) is 7.20. The largest absolute Gasteiger partial charge is 0.378 e. The lowest BCUT2D eigenvalue weighted by molar-refractivity contribution is 0.0594. The van der Waals surface area contributed by atoms with Crippen LogP contribution in [0.4, 0.5) is 0 Å². The van der Waals surface area contributed by atoms with Gasteiger partial charge in [-0.1, -0.05) is 36.0 Å². The highest BCUT2D eigenvalue weighted by Gasteiger charge is 2.03. The van der Waals surface area contributed by atoms with E-state index in [1.165, 1.54) is 4.90 Å². The molecule has 0 aromatic heterocycles. The van der Waals surface area contributed by atoms with Gasteiger partial charge in [0.05, 0.1) is 13.2 Å². The van der Waals surface area contributed by atoms with Gasteiger partial charge in [0.25, 0.3) is 0 Å². The average molecular weight is 247 g/mol. The summed E-state index contributed by atoms with van der Waals surface area (Å²) in [7, 11) is 0. The first-order chi connectivity index (χ1) is 8.45. The number of thioether (sulfide) groups is 1. The van der Waals surface area contributed by atoms with Crippen LogP contribution in [0.2, 0.25) is 0 Å². The molecule has 17 heavy (non-hydrogen) atoms. The fraction of sp³-hybridized carbons (Fsp3) is 0.286. The maximum absolute atomic E-state index is 5.29. The van der Waals surface area contributed by atoms with Crippen molar-refractivity contribution in [1.82, 2.24) is 4.90 Å². The molecule has 0 N–H and O–H groups in total. The van der Waals surface area contributed by atoms with Crippen LogP contribution in [0.1, 0.15) is 0 Å². The van der Waals surface area contributed by atoms with Gasteiger partial charge in [0.1, 0.15) is 0 Å². The molecule has 1 fully saturated rings. The van der Waals surface area contributed by atoms with E-state index in [4.69, 9.17) is 4.74 Å². The van der Waals surface area contributed by atoms with E-state index in [1.807, 2.05) is 6.07 Å². The predicted molar refractivity (Wildman–Crippen MR) is 73.0 cm³/mol. The first-order valence-electron chi connectivity index (χ1n) is 5.82. The van der Waals surface area contributed by atoms with Gasteiger partial charge in [-0.2, -0.15) is 0 Å². The van der Waals surface area contributed by atoms with Crippen LogP contribution in [-0.4, -0.2) is 31.2 Å². The summed E-state index contributed by atoms with van der Waals surface area (Å²) < 4.78 is 5.29. The first kappa shape index (κ1) is 12.3. The minimum absolute atomic E-state index is 0.840. The van der Waals surface area contributed by atoms with Gasteiger partial charge in [-0.05, 0) is 29.8 Å². The van der Waals surface area contributed by atoms with Gasteiger partial charge < -0.3 is 9.64 Å². The number of morpholine rings is 1. The van der Waals surface area contributed by atoms with Crippen molar-refractivity contribution in [3.63, 3.8) is 0 Å². The second-order valence-corrected chi connectivity index (χ2v) is 4.73. The molecule has 1 aromatic carbocycles. The van der Waals surface area contributed by atoms with Gasteiger partial charge >= 0.3 is 0 Å². The SMILES string of the molecule is C(/C=C/N1CCOCC1)=C\Sc1ccccc1. The molecule has 90 valence electrons. The lowest BCUT2D eigenvalue weighted by Crippen LogP contribution is -2.31. The summed E-state index contributed by atoms with van der Waals surface area (Å²) in [4.78, 5) is 3.55. The van der Waals surface area contributed by atoms with E-state index in [0.29, 0.717) is 0 Å². The molecule has 0 aliphatic carbocycles. The summed E-state index contributed by atoms with van der Waals surface area (Å²) in [5.41, 5.74) is 0. The second-order valence-electron chi connectivity index (χ2n) is 3.75. The van der Waals surface area contributed by atoms with Crippen molar-refractivity contribution < 1.29 is 4.74 Å². The normalized spacial score (nSPS) is 17.1. The Hall–Kier alpha value is -1.19. The van der Waals surface area contributed by atoms with Crippen molar-refractivity contribution in [2.24, 2.45) is 0 Å². The number of ether oxygens (including phenoxy) is 1. The molecule has 3 heteroatoms. The molecule has 0 amide bonds. The van der Waals surface area contributed by atoms with Crippen LogP contribution in [0, 0.1) is 0 Å². The van der Waals surface area contributed by atoms with Crippen LogP contribution >= 0.6 is 11.8 Å². The van der Waals surface area contributed by atoms with Crippen molar-refractivity contribution in [2.75, 3.05) is 26.3 Å². The highest BCUT2D eigenvalue weighted by Crippen LogP contribution is 2.17. The zero-order valence-electron chi connectivity index (χ0n) is 9.79. The summed E-state index contributed by atoms with van der Waals surface area (Å²) in [6.45, 7) is 3.67. The van der Waals surface area contributed by atoms with Gasteiger partial charge in [-0.15, -0.1) is 0 Å². The monoisotopic (exact) mass is 247 g/mol. The van der Waals surface area contributed by atoms with Crippen molar-refractivity contribution in [3.05, 3.63) is 54.1 Å². The van der Waals surface area contributed by atoms with Crippen molar-refractivity contribution in [2.45, 2.75) is 4.90 Å². The average Bonchev–Trinajstić information content (AvgIpc) is 2.41. The Morgan fingerprint density at radius 1 is 1.06 bits per heavy atom. The Morgan fingerprint density at radius 2 is 1.82 bits per heavy atom. The molecule has 0 spiro atoms. The molecule has 0 saturated carbocycles. The smallest absolute Gasteiger partial charge is 0.0642 e. The van der Waals surface area contributed by atoms with Gasteiger partial charge in [0, 0.05) is 18.0 Å². The standard InChI is InChI=1S/C14H17NOS/c1-2-6-14(7-3-1)17-13-5-4-8-15-9-11-16-12-10-15/h1-8,13H,9-12H2/b8-4+,13-5+. The van der Waals surface area contributed by atoms with E-state index >= 15 is 0 Å². The minimum atomic E-state index is 0.840. The number of benzene rings is 1. The highest BCUT2D eigenvalue weighted by atomic mass is 32.2. The summed E-state index contributed by atoms with van der Waals surface area (Å²) in [6, 6.07) is 10.4. The van der Waals surface area contributed by atoms with Crippen molar-refractivity contribution in [1.29, 1.82) is 0 Å². The molecule has 0 unspecified atom stereocenters. The molecule has 0 atom stereocenters. The molecule has 1 heterocycles. The van der Waals surface area contributed by atoms with Gasteiger partial charge in [0.15, 0.2) is 0 Å². The number of allylic oxidation sites excluding steroid dienone is 2. The van der Waals surface area contributed by atoms with E-state index in [2.05, 4.69) is 52.9 Å². The number of rotatable bonds is 4. The van der Waals surface area contributed by atoms with E-state index in [9.17, 15) is 0 Å². The van der Waals surface area contributed by atoms with E-state index in [-0.39, 0.29) is 0 Å². The fourth-order valence-corrected chi connectivity index (χ4v) is 2.20. The molecule has 1 saturated heterocycles. The number of hydrogen-bond acceptors (Lipinski definition) is 3. The molecule has 2 rings (SSSR count). The first-order valence-corrected chi connectivity index (χ1v) is 6.70. The maximum Gasteiger partial charge on any atom is 0.0642 e. The predicted octanol–water partition coefficient (Wildman–Crippen LogP) is 3.14.